The highest BCUT2D eigenvalue weighted by atomic mass is 16.5. The highest BCUT2D eigenvalue weighted by Gasteiger charge is 2.54. The fourth-order valence-corrected chi connectivity index (χ4v) is 6.42. The van der Waals surface area contributed by atoms with Crippen LogP contribution in [0.2, 0.25) is 0 Å². The van der Waals surface area contributed by atoms with Crippen molar-refractivity contribution < 1.29 is 14.3 Å². The molecule has 4 aliphatic carbocycles. The van der Waals surface area contributed by atoms with Gasteiger partial charge in [0, 0.05) is 12.0 Å². The van der Waals surface area contributed by atoms with E-state index in [1.165, 1.54) is 19.3 Å². The lowest BCUT2D eigenvalue weighted by molar-refractivity contribution is -0.146. The van der Waals surface area contributed by atoms with Gasteiger partial charge >= 0.3 is 0 Å². The molecular weight excluding hydrogens is 352 g/mol. The number of nitrogens with zero attached hydrogens (tertiary/aromatic N) is 1. The summed E-state index contributed by atoms with van der Waals surface area (Å²) in [6.07, 6.45) is 7.39. The van der Waals surface area contributed by atoms with Crippen molar-refractivity contribution in [2.24, 2.45) is 23.2 Å². The molecule has 0 radical (unpaired) electrons. The van der Waals surface area contributed by atoms with Crippen LogP contribution in [0.5, 0.6) is 11.5 Å². The van der Waals surface area contributed by atoms with Crippen LogP contribution < -0.4 is 14.8 Å². The first-order chi connectivity index (χ1) is 13.4. The number of carbonyl (C=O) groups is 1. The molecule has 1 aromatic rings. The van der Waals surface area contributed by atoms with Crippen LogP contribution >= 0.6 is 0 Å². The first-order valence-electron chi connectivity index (χ1n) is 10.6. The van der Waals surface area contributed by atoms with E-state index in [4.69, 9.17) is 9.47 Å². The zero-order valence-corrected chi connectivity index (χ0v) is 17.7. The van der Waals surface area contributed by atoms with E-state index >= 15 is 0 Å². The molecule has 5 heteroatoms. The average molecular weight is 387 g/mol. The zero-order chi connectivity index (χ0) is 19.9. The van der Waals surface area contributed by atoms with Crippen molar-refractivity contribution in [1.29, 1.82) is 0 Å². The fourth-order valence-electron chi connectivity index (χ4n) is 6.42. The second kappa shape index (κ2) is 7.58. The van der Waals surface area contributed by atoms with Gasteiger partial charge in [0.2, 0.25) is 5.91 Å². The van der Waals surface area contributed by atoms with Crippen molar-refractivity contribution in [3.8, 4) is 11.5 Å². The number of carbonyl (C=O) groups excluding carboxylic acids is 1. The quantitative estimate of drug-likeness (QED) is 0.777. The van der Waals surface area contributed by atoms with Gasteiger partial charge in [-0.3, -0.25) is 4.79 Å². The molecular formula is C23H34N2O3. The number of rotatable bonds is 7. The van der Waals surface area contributed by atoms with Gasteiger partial charge in [0.25, 0.3) is 0 Å². The van der Waals surface area contributed by atoms with Crippen LogP contribution in [0.15, 0.2) is 18.2 Å². The SMILES string of the molecule is COc1ccc(C(CNC(=O)C23CC4CC(CC(C4)C2)C3)N(C)C)cc1OC. The molecule has 1 N–H and O–H groups in total. The third-order valence-electron chi connectivity index (χ3n) is 7.39. The summed E-state index contributed by atoms with van der Waals surface area (Å²) in [4.78, 5) is 15.5. The second-order valence-electron chi connectivity index (χ2n) is 9.50. The van der Waals surface area contributed by atoms with E-state index in [9.17, 15) is 4.79 Å². The number of hydrogen-bond acceptors (Lipinski definition) is 4. The largest absolute Gasteiger partial charge is 0.493 e. The topological polar surface area (TPSA) is 50.8 Å². The number of benzene rings is 1. The number of methoxy groups -OCH3 is 2. The molecule has 0 heterocycles. The molecule has 5 nitrogen and oxygen atoms in total. The Morgan fingerprint density at radius 2 is 1.64 bits per heavy atom. The number of ether oxygens (including phenoxy) is 2. The molecule has 5 rings (SSSR count). The Morgan fingerprint density at radius 3 is 2.14 bits per heavy atom. The maximum Gasteiger partial charge on any atom is 0.226 e. The predicted molar refractivity (Wildman–Crippen MR) is 110 cm³/mol. The standard InChI is InChI=1S/C23H34N2O3/c1-25(2)19(18-5-6-20(27-3)21(10-18)28-4)14-24-22(26)23-11-15-7-16(12-23)9-17(8-15)13-23/h5-6,10,15-17,19H,7-9,11-14H2,1-4H3,(H,24,26). The molecule has 28 heavy (non-hydrogen) atoms. The highest BCUT2D eigenvalue weighted by molar-refractivity contribution is 5.83. The summed E-state index contributed by atoms with van der Waals surface area (Å²) in [6.45, 7) is 0.614. The van der Waals surface area contributed by atoms with Gasteiger partial charge in [0.1, 0.15) is 0 Å². The zero-order valence-electron chi connectivity index (χ0n) is 17.7. The minimum Gasteiger partial charge on any atom is -0.493 e. The molecule has 0 spiro atoms. The molecule has 4 fully saturated rings. The van der Waals surface area contributed by atoms with Crippen LogP contribution in [-0.4, -0.2) is 45.7 Å². The third-order valence-corrected chi connectivity index (χ3v) is 7.39. The maximum atomic E-state index is 13.3. The minimum absolute atomic E-state index is 0.0940. The Balaban J connectivity index is 1.47. The molecule has 1 amide bonds. The molecule has 4 bridgehead atoms. The van der Waals surface area contributed by atoms with Crippen molar-refractivity contribution in [1.82, 2.24) is 10.2 Å². The number of amides is 1. The van der Waals surface area contributed by atoms with Crippen LogP contribution in [0.3, 0.4) is 0 Å². The number of hydrogen-bond donors (Lipinski definition) is 1. The Morgan fingerprint density at radius 1 is 1.07 bits per heavy atom. The summed E-state index contributed by atoms with van der Waals surface area (Å²) in [5.74, 6) is 4.09. The predicted octanol–water partition coefficient (Wildman–Crippen LogP) is 3.64. The Kier molecular flexibility index (Phi) is 5.30. The van der Waals surface area contributed by atoms with Crippen molar-refractivity contribution in [3.05, 3.63) is 23.8 Å². The minimum atomic E-state index is -0.0940. The van der Waals surface area contributed by atoms with Gasteiger partial charge in [-0.05, 0) is 88.1 Å². The smallest absolute Gasteiger partial charge is 0.226 e. The molecule has 1 unspecified atom stereocenters. The highest BCUT2D eigenvalue weighted by Crippen LogP contribution is 2.60. The van der Waals surface area contributed by atoms with Gasteiger partial charge in [0.15, 0.2) is 11.5 Å². The van der Waals surface area contributed by atoms with Gasteiger partial charge in [0.05, 0.1) is 20.3 Å². The molecule has 4 aliphatic rings. The fraction of sp³-hybridized carbons (Fsp3) is 0.696. The monoisotopic (exact) mass is 386 g/mol. The molecule has 0 aromatic heterocycles. The first kappa shape index (κ1) is 19.6. The summed E-state index contributed by atoms with van der Waals surface area (Å²) in [7, 11) is 7.41. The maximum absolute atomic E-state index is 13.3. The van der Waals surface area contributed by atoms with Crippen molar-refractivity contribution in [3.63, 3.8) is 0 Å². The summed E-state index contributed by atoms with van der Waals surface area (Å²) >= 11 is 0. The van der Waals surface area contributed by atoms with E-state index in [1.807, 2.05) is 12.1 Å². The average Bonchev–Trinajstić information content (AvgIpc) is 2.66. The van der Waals surface area contributed by atoms with Gasteiger partial charge in [-0.15, -0.1) is 0 Å². The lowest BCUT2D eigenvalue weighted by Crippen LogP contribution is -2.54. The lowest BCUT2D eigenvalue weighted by atomic mass is 9.49. The van der Waals surface area contributed by atoms with E-state index < -0.39 is 0 Å². The molecule has 1 atom stereocenters. The first-order valence-corrected chi connectivity index (χ1v) is 10.6. The van der Waals surface area contributed by atoms with Crippen LogP contribution in [0.1, 0.15) is 50.1 Å². The molecule has 0 saturated heterocycles. The van der Waals surface area contributed by atoms with Crippen molar-refractivity contribution in [2.75, 3.05) is 34.9 Å². The van der Waals surface area contributed by atoms with E-state index in [0.717, 1.165) is 54.1 Å². The van der Waals surface area contributed by atoms with Gasteiger partial charge in [-0.25, -0.2) is 0 Å². The Labute approximate surface area is 168 Å². The van der Waals surface area contributed by atoms with Crippen LogP contribution in [0.4, 0.5) is 0 Å². The third kappa shape index (κ3) is 3.49. The molecule has 154 valence electrons. The second-order valence-corrected chi connectivity index (χ2v) is 9.50. The number of nitrogens with one attached hydrogen (secondary N) is 1. The van der Waals surface area contributed by atoms with E-state index in [2.05, 4.69) is 30.4 Å². The van der Waals surface area contributed by atoms with Crippen LogP contribution in [0, 0.1) is 23.2 Å². The summed E-state index contributed by atoms with van der Waals surface area (Å²) < 4.78 is 10.8. The molecule has 1 aromatic carbocycles. The molecule has 0 aliphatic heterocycles. The van der Waals surface area contributed by atoms with Crippen molar-refractivity contribution in [2.45, 2.75) is 44.6 Å². The summed E-state index contributed by atoms with van der Waals surface area (Å²) in [5, 5.41) is 3.33. The molecule has 4 saturated carbocycles. The summed E-state index contributed by atoms with van der Waals surface area (Å²) in [6, 6.07) is 6.10. The lowest BCUT2D eigenvalue weighted by Gasteiger charge is -2.55. The van der Waals surface area contributed by atoms with Gasteiger partial charge < -0.3 is 19.7 Å². The van der Waals surface area contributed by atoms with Crippen LogP contribution in [0.25, 0.3) is 0 Å². The van der Waals surface area contributed by atoms with Crippen molar-refractivity contribution >= 4 is 5.91 Å². The van der Waals surface area contributed by atoms with E-state index in [-0.39, 0.29) is 11.5 Å². The van der Waals surface area contributed by atoms with Crippen LogP contribution in [-0.2, 0) is 4.79 Å². The van der Waals surface area contributed by atoms with E-state index in [1.54, 1.807) is 14.2 Å². The Bertz CT molecular complexity index is 695. The summed E-state index contributed by atoms with van der Waals surface area (Å²) in [5.41, 5.74) is 1.02. The number of likely N-dealkylation sites (N-methyl/N-ethyl adjacent to an activating group) is 1. The van der Waals surface area contributed by atoms with Gasteiger partial charge in [-0.1, -0.05) is 6.07 Å². The normalized spacial score (nSPS) is 31.7. The van der Waals surface area contributed by atoms with Gasteiger partial charge in [-0.2, -0.15) is 0 Å². The Hall–Kier alpha value is -1.75. The van der Waals surface area contributed by atoms with E-state index in [0.29, 0.717) is 12.5 Å².